The molecular formula is C24H32N8O. The first-order valence-electron chi connectivity index (χ1n) is 11.8. The Labute approximate surface area is 193 Å². The number of rotatable bonds is 5. The van der Waals surface area contributed by atoms with Gasteiger partial charge in [-0.2, -0.15) is 5.10 Å². The Morgan fingerprint density at radius 1 is 1.24 bits per heavy atom. The molecule has 0 aliphatic carbocycles. The molecule has 0 bridgehead atoms. The van der Waals surface area contributed by atoms with E-state index in [9.17, 15) is 4.79 Å². The second-order valence-electron chi connectivity index (χ2n) is 9.29. The largest absolute Gasteiger partial charge is 0.355 e. The van der Waals surface area contributed by atoms with Gasteiger partial charge in [0.1, 0.15) is 5.82 Å². The van der Waals surface area contributed by atoms with Gasteiger partial charge in [0, 0.05) is 61.8 Å². The van der Waals surface area contributed by atoms with Crippen molar-refractivity contribution in [2.45, 2.75) is 57.2 Å². The summed E-state index contributed by atoms with van der Waals surface area (Å²) < 4.78 is 1.83. The van der Waals surface area contributed by atoms with Crippen LogP contribution in [-0.2, 0) is 11.2 Å². The Morgan fingerprint density at radius 2 is 2.12 bits per heavy atom. The van der Waals surface area contributed by atoms with Gasteiger partial charge in [-0.15, -0.1) is 0 Å². The summed E-state index contributed by atoms with van der Waals surface area (Å²) in [4.78, 5) is 26.7. The first-order valence-corrected chi connectivity index (χ1v) is 11.8. The van der Waals surface area contributed by atoms with Crippen LogP contribution in [0.5, 0.6) is 0 Å². The highest BCUT2D eigenvalue weighted by Crippen LogP contribution is 2.32. The zero-order valence-corrected chi connectivity index (χ0v) is 19.1. The highest BCUT2D eigenvalue weighted by atomic mass is 16.2. The van der Waals surface area contributed by atoms with Gasteiger partial charge in [0.05, 0.1) is 17.8 Å². The van der Waals surface area contributed by atoms with Crippen molar-refractivity contribution in [3.05, 3.63) is 53.6 Å². The van der Waals surface area contributed by atoms with Crippen LogP contribution in [0.2, 0.25) is 0 Å². The molecule has 5 heterocycles. The number of hydrogen-bond acceptors (Lipinski definition) is 7. The molecule has 2 fully saturated rings. The molecule has 1 unspecified atom stereocenters. The number of amides is 1. The van der Waals surface area contributed by atoms with E-state index in [2.05, 4.69) is 16.8 Å². The van der Waals surface area contributed by atoms with Crippen LogP contribution < -0.4 is 16.4 Å². The molecule has 2 aliphatic rings. The maximum absolute atomic E-state index is 13.3. The highest BCUT2D eigenvalue weighted by Gasteiger charge is 2.33. The zero-order valence-electron chi connectivity index (χ0n) is 19.1. The van der Waals surface area contributed by atoms with E-state index in [-0.39, 0.29) is 18.0 Å². The summed E-state index contributed by atoms with van der Waals surface area (Å²) in [5, 5.41) is 4.82. The number of hydrogen-bond donors (Lipinski definition) is 2. The lowest BCUT2D eigenvalue weighted by atomic mass is 9.97. The van der Waals surface area contributed by atoms with Gasteiger partial charge in [-0.3, -0.25) is 9.78 Å². The summed E-state index contributed by atoms with van der Waals surface area (Å²) in [5.41, 5.74) is 16.0. The number of likely N-dealkylation sites (tertiary alicyclic amines) is 1. The van der Waals surface area contributed by atoms with Crippen molar-refractivity contribution in [1.82, 2.24) is 24.5 Å². The van der Waals surface area contributed by atoms with Gasteiger partial charge in [0.15, 0.2) is 5.65 Å². The van der Waals surface area contributed by atoms with E-state index < -0.39 is 6.04 Å². The smallest absolute Gasteiger partial charge is 0.240 e. The molecule has 9 nitrogen and oxygen atoms in total. The Hall–Kier alpha value is -3.04. The number of fused-ring (bicyclic) bond motifs is 1. The monoisotopic (exact) mass is 448 g/mol. The van der Waals surface area contributed by atoms with Gasteiger partial charge < -0.3 is 21.3 Å². The van der Waals surface area contributed by atoms with E-state index in [0.717, 1.165) is 67.2 Å². The van der Waals surface area contributed by atoms with E-state index in [4.69, 9.17) is 21.5 Å². The van der Waals surface area contributed by atoms with Crippen LogP contribution in [0, 0.1) is 6.92 Å². The predicted molar refractivity (Wildman–Crippen MR) is 127 cm³/mol. The molecule has 3 aromatic rings. The molecule has 5 rings (SSSR count). The number of pyridine rings is 1. The van der Waals surface area contributed by atoms with E-state index in [1.54, 1.807) is 6.20 Å². The average molecular weight is 449 g/mol. The number of anilines is 1. The molecule has 3 aromatic heterocycles. The fourth-order valence-corrected chi connectivity index (χ4v) is 5.03. The van der Waals surface area contributed by atoms with Crippen LogP contribution in [0.3, 0.4) is 0 Å². The summed E-state index contributed by atoms with van der Waals surface area (Å²) in [7, 11) is 0. The van der Waals surface area contributed by atoms with Crippen LogP contribution in [0.1, 0.15) is 48.7 Å². The molecule has 0 spiro atoms. The fourth-order valence-electron chi connectivity index (χ4n) is 5.03. The minimum Gasteiger partial charge on any atom is -0.355 e. The van der Waals surface area contributed by atoms with Gasteiger partial charge in [0.25, 0.3) is 0 Å². The van der Waals surface area contributed by atoms with Crippen molar-refractivity contribution < 1.29 is 4.79 Å². The maximum atomic E-state index is 13.3. The lowest BCUT2D eigenvalue weighted by molar-refractivity contribution is -0.136. The van der Waals surface area contributed by atoms with Gasteiger partial charge >= 0.3 is 0 Å². The van der Waals surface area contributed by atoms with Gasteiger partial charge in [-0.1, -0.05) is 6.07 Å². The third kappa shape index (κ3) is 4.43. The number of carbonyl (C=O) groups is 1. The quantitative estimate of drug-likeness (QED) is 0.608. The average Bonchev–Trinajstić information content (AvgIpc) is 3.44. The number of aromatic nitrogens is 4. The number of nitrogens with zero attached hydrogens (tertiary/aromatic N) is 6. The van der Waals surface area contributed by atoms with Crippen LogP contribution in [-0.4, -0.2) is 62.1 Å². The SMILES string of the molecule is Cc1cn2nc([C@@H]3CCCCN3C(=O)C(N)Cc3ccccn3)cc2nc1N1CC[C@H](N)C1. The summed E-state index contributed by atoms with van der Waals surface area (Å²) in [5.74, 6) is 0.925. The Morgan fingerprint density at radius 3 is 2.88 bits per heavy atom. The normalized spacial score (nSPS) is 22.2. The molecule has 3 atom stereocenters. The van der Waals surface area contributed by atoms with E-state index in [1.807, 2.05) is 39.9 Å². The molecule has 0 aromatic carbocycles. The fraction of sp³-hybridized carbons (Fsp3) is 0.500. The Kier molecular flexibility index (Phi) is 5.99. The Bertz CT molecular complexity index is 1130. The predicted octanol–water partition coefficient (Wildman–Crippen LogP) is 1.59. The van der Waals surface area contributed by atoms with Gasteiger partial charge in [0.2, 0.25) is 5.91 Å². The van der Waals surface area contributed by atoms with Crippen molar-refractivity contribution in [3.63, 3.8) is 0 Å². The molecule has 174 valence electrons. The minimum atomic E-state index is -0.621. The van der Waals surface area contributed by atoms with Crippen LogP contribution in [0.25, 0.3) is 5.65 Å². The topological polar surface area (TPSA) is 119 Å². The van der Waals surface area contributed by atoms with Crippen molar-refractivity contribution in [2.75, 3.05) is 24.5 Å². The maximum Gasteiger partial charge on any atom is 0.240 e. The molecule has 1 amide bonds. The molecular weight excluding hydrogens is 416 g/mol. The van der Waals surface area contributed by atoms with Crippen molar-refractivity contribution in [1.29, 1.82) is 0 Å². The third-order valence-corrected chi connectivity index (χ3v) is 6.75. The van der Waals surface area contributed by atoms with Gasteiger partial charge in [-0.25, -0.2) is 9.50 Å². The summed E-state index contributed by atoms with van der Waals surface area (Å²) in [6.07, 6.45) is 8.06. The second kappa shape index (κ2) is 9.07. The molecule has 33 heavy (non-hydrogen) atoms. The van der Waals surface area contributed by atoms with E-state index >= 15 is 0 Å². The molecule has 2 saturated heterocycles. The van der Waals surface area contributed by atoms with Crippen LogP contribution in [0.15, 0.2) is 36.7 Å². The molecule has 9 heteroatoms. The number of aryl methyl sites for hydroxylation is 1. The molecule has 2 aliphatic heterocycles. The van der Waals surface area contributed by atoms with E-state index in [1.165, 1.54) is 0 Å². The summed E-state index contributed by atoms with van der Waals surface area (Å²) in [6.45, 7) is 4.49. The molecule has 0 radical (unpaired) electrons. The van der Waals surface area contributed by atoms with Gasteiger partial charge in [-0.05, 0) is 44.7 Å². The van der Waals surface area contributed by atoms with Crippen molar-refractivity contribution >= 4 is 17.4 Å². The first kappa shape index (κ1) is 21.8. The van der Waals surface area contributed by atoms with Crippen molar-refractivity contribution in [3.8, 4) is 0 Å². The number of carbonyl (C=O) groups excluding carboxylic acids is 1. The van der Waals surface area contributed by atoms with E-state index in [0.29, 0.717) is 13.0 Å². The zero-order chi connectivity index (χ0) is 22.9. The number of nitrogens with two attached hydrogens (primary N) is 2. The molecule has 0 saturated carbocycles. The van der Waals surface area contributed by atoms with Crippen LogP contribution >= 0.6 is 0 Å². The summed E-state index contributed by atoms with van der Waals surface area (Å²) in [6, 6.07) is 7.18. The van der Waals surface area contributed by atoms with Crippen molar-refractivity contribution in [2.24, 2.45) is 11.5 Å². The minimum absolute atomic E-state index is 0.0432. The first-order chi connectivity index (χ1) is 16.0. The molecule has 4 N–H and O–H groups in total. The lowest BCUT2D eigenvalue weighted by Gasteiger charge is -2.36. The number of piperidine rings is 1. The lowest BCUT2D eigenvalue weighted by Crippen LogP contribution is -2.48. The highest BCUT2D eigenvalue weighted by molar-refractivity contribution is 5.82. The Balaban J connectivity index is 1.39. The second-order valence-corrected chi connectivity index (χ2v) is 9.29. The van der Waals surface area contributed by atoms with Crippen LogP contribution in [0.4, 0.5) is 5.82 Å². The standard InChI is InChI=1S/C24H32N8O/c1-16-14-32-22(28-23(16)30-11-8-17(25)15-30)13-20(29-32)21-7-3-5-10-31(21)24(33)19(26)12-18-6-2-4-9-27-18/h2,4,6,9,13-14,17,19,21H,3,5,7-8,10-12,15,25-26H2,1H3/t17-,19?,21-/m0/s1. The summed E-state index contributed by atoms with van der Waals surface area (Å²) >= 11 is 0. The third-order valence-electron chi connectivity index (χ3n) is 6.75.